The lowest BCUT2D eigenvalue weighted by molar-refractivity contribution is -0.0451. The van der Waals surface area contributed by atoms with E-state index in [9.17, 15) is 4.39 Å². The van der Waals surface area contributed by atoms with Gasteiger partial charge in [0.2, 0.25) is 0 Å². The monoisotopic (exact) mass is 292 g/mol. The average Bonchev–Trinajstić information content (AvgIpc) is 2.89. The number of likely N-dealkylation sites (N-methyl/N-ethyl adjacent to an activating group) is 1. The third-order valence-electron chi connectivity index (χ3n) is 5.01. The van der Waals surface area contributed by atoms with E-state index >= 15 is 0 Å². The Hall–Kier alpha value is -0.970. The summed E-state index contributed by atoms with van der Waals surface area (Å²) in [6.07, 6.45) is 3.38. The highest BCUT2D eigenvalue weighted by molar-refractivity contribution is 5.16. The fourth-order valence-corrected chi connectivity index (χ4v) is 3.47. The van der Waals surface area contributed by atoms with Gasteiger partial charge in [0, 0.05) is 25.7 Å². The topological polar surface area (TPSA) is 15.7 Å². The molecule has 0 saturated carbocycles. The largest absolute Gasteiger partial charge is 0.373 e. The van der Waals surface area contributed by atoms with Crippen LogP contribution in [-0.4, -0.2) is 55.2 Å². The summed E-state index contributed by atoms with van der Waals surface area (Å²) in [7, 11) is 4.27. The first-order chi connectivity index (χ1) is 10.1. The summed E-state index contributed by atoms with van der Waals surface area (Å²) >= 11 is 0. The standard InChI is InChI=1S/C17H25FN2O/c1-19(2)16-11-17(21-13-16)7-9-20(10-8-17)12-14-3-5-15(18)6-4-14/h3-6,16H,7-13H2,1-2H3. The van der Waals surface area contributed by atoms with Crippen LogP contribution in [-0.2, 0) is 11.3 Å². The molecule has 0 bridgehead atoms. The lowest BCUT2D eigenvalue weighted by atomic mass is 9.87. The SMILES string of the molecule is CN(C)C1COC2(CCN(Cc3ccc(F)cc3)CC2)C1. The van der Waals surface area contributed by atoms with Crippen LogP contribution < -0.4 is 0 Å². The van der Waals surface area contributed by atoms with E-state index in [0.29, 0.717) is 6.04 Å². The van der Waals surface area contributed by atoms with Gasteiger partial charge < -0.3 is 9.64 Å². The molecule has 4 heteroatoms. The molecule has 3 nitrogen and oxygen atoms in total. The van der Waals surface area contributed by atoms with E-state index in [2.05, 4.69) is 23.9 Å². The Morgan fingerprint density at radius 1 is 1.24 bits per heavy atom. The lowest BCUT2D eigenvalue weighted by Gasteiger charge is -2.39. The molecule has 116 valence electrons. The van der Waals surface area contributed by atoms with Gasteiger partial charge in [-0.05, 0) is 51.1 Å². The maximum absolute atomic E-state index is 12.9. The number of halogens is 1. The van der Waals surface area contributed by atoms with Crippen molar-refractivity contribution in [2.75, 3.05) is 33.8 Å². The molecule has 0 N–H and O–H groups in total. The second-order valence-electron chi connectivity index (χ2n) is 6.72. The number of rotatable bonds is 3. The third-order valence-corrected chi connectivity index (χ3v) is 5.01. The maximum atomic E-state index is 12.9. The molecule has 1 atom stereocenters. The van der Waals surface area contributed by atoms with Crippen molar-refractivity contribution in [2.45, 2.75) is 37.5 Å². The van der Waals surface area contributed by atoms with Crippen LogP contribution in [0, 0.1) is 5.82 Å². The first-order valence-electron chi connectivity index (χ1n) is 7.84. The number of likely N-dealkylation sites (tertiary alicyclic amines) is 1. The molecule has 2 saturated heterocycles. The summed E-state index contributed by atoms with van der Waals surface area (Å²) in [4.78, 5) is 4.73. The van der Waals surface area contributed by atoms with Crippen LogP contribution in [0.15, 0.2) is 24.3 Å². The van der Waals surface area contributed by atoms with Gasteiger partial charge in [-0.25, -0.2) is 4.39 Å². The van der Waals surface area contributed by atoms with Crippen molar-refractivity contribution < 1.29 is 9.13 Å². The molecule has 2 heterocycles. The first kappa shape index (κ1) is 14.9. The predicted octanol–water partition coefficient (Wildman–Crippen LogP) is 2.51. The van der Waals surface area contributed by atoms with E-state index in [-0.39, 0.29) is 11.4 Å². The van der Waals surface area contributed by atoms with Gasteiger partial charge in [0.1, 0.15) is 5.82 Å². The molecule has 2 aliphatic heterocycles. The van der Waals surface area contributed by atoms with Crippen LogP contribution in [0.4, 0.5) is 4.39 Å². The van der Waals surface area contributed by atoms with Crippen LogP contribution in [0.1, 0.15) is 24.8 Å². The highest BCUT2D eigenvalue weighted by Crippen LogP contribution is 2.37. The van der Waals surface area contributed by atoms with E-state index in [1.54, 1.807) is 12.1 Å². The Labute approximate surface area is 126 Å². The molecule has 0 aromatic heterocycles. The Morgan fingerprint density at radius 3 is 2.48 bits per heavy atom. The second-order valence-corrected chi connectivity index (χ2v) is 6.72. The Balaban J connectivity index is 1.52. The molecule has 2 fully saturated rings. The molecule has 0 radical (unpaired) electrons. The number of hydrogen-bond acceptors (Lipinski definition) is 3. The second kappa shape index (κ2) is 6.03. The van der Waals surface area contributed by atoms with Gasteiger partial charge in [-0.1, -0.05) is 12.1 Å². The van der Waals surface area contributed by atoms with Crippen LogP contribution in [0.2, 0.25) is 0 Å². The number of nitrogens with zero attached hydrogens (tertiary/aromatic N) is 2. The van der Waals surface area contributed by atoms with Crippen molar-refractivity contribution in [3.63, 3.8) is 0 Å². The molecular formula is C17H25FN2O. The minimum atomic E-state index is -0.162. The molecule has 0 amide bonds. The van der Waals surface area contributed by atoms with Gasteiger partial charge in [0.25, 0.3) is 0 Å². The zero-order valence-electron chi connectivity index (χ0n) is 13.0. The van der Waals surface area contributed by atoms with Crippen molar-refractivity contribution >= 4 is 0 Å². The summed E-state index contributed by atoms with van der Waals surface area (Å²) in [6, 6.07) is 7.42. The zero-order chi connectivity index (χ0) is 14.9. The average molecular weight is 292 g/mol. The maximum Gasteiger partial charge on any atom is 0.123 e. The molecule has 0 aliphatic carbocycles. The summed E-state index contributed by atoms with van der Waals surface area (Å²) < 4.78 is 19.1. The molecule has 1 unspecified atom stereocenters. The zero-order valence-corrected chi connectivity index (χ0v) is 13.0. The highest BCUT2D eigenvalue weighted by atomic mass is 19.1. The number of piperidine rings is 1. The van der Waals surface area contributed by atoms with E-state index in [4.69, 9.17) is 4.74 Å². The third kappa shape index (κ3) is 3.44. The van der Waals surface area contributed by atoms with Crippen molar-refractivity contribution in [3.05, 3.63) is 35.6 Å². The Bertz CT molecular complexity index is 466. The Morgan fingerprint density at radius 2 is 1.90 bits per heavy atom. The molecule has 1 spiro atoms. The van der Waals surface area contributed by atoms with E-state index < -0.39 is 0 Å². The first-order valence-corrected chi connectivity index (χ1v) is 7.84. The molecule has 1 aromatic rings. The van der Waals surface area contributed by atoms with Crippen molar-refractivity contribution in [3.8, 4) is 0 Å². The normalized spacial score (nSPS) is 25.8. The minimum absolute atomic E-state index is 0.105. The fourth-order valence-electron chi connectivity index (χ4n) is 3.47. The molecule has 2 aliphatic rings. The van der Waals surface area contributed by atoms with E-state index in [1.165, 1.54) is 5.56 Å². The number of ether oxygens (including phenoxy) is 1. The van der Waals surface area contributed by atoms with Crippen LogP contribution >= 0.6 is 0 Å². The van der Waals surface area contributed by atoms with E-state index in [0.717, 1.165) is 45.5 Å². The molecular weight excluding hydrogens is 267 g/mol. The van der Waals surface area contributed by atoms with Crippen molar-refractivity contribution in [2.24, 2.45) is 0 Å². The molecule has 21 heavy (non-hydrogen) atoms. The Kier molecular flexibility index (Phi) is 4.29. The van der Waals surface area contributed by atoms with Gasteiger partial charge in [0.05, 0.1) is 12.2 Å². The van der Waals surface area contributed by atoms with E-state index in [1.807, 2.05) is 12.1 Å². The highest BCUT2D eigenvalue weighted by Gasteiger charge is 2.43. The lowest BCUT2D eigenvalue weighted by Crippen LogP contribution is -2.44. The molecule has 3 rings (SSSR count). The van der Waals surface area contributed by atoms with Crippen molar-refractivity contribution in [1.29, 1.82) is 0 Å². The van der Waals surface area contributed by atoms with Crippen LogP contribution in [0.5, 0.6) is 0 Å². The van der Waals surface area contributed by atoms with Gasteiger partial charge >= 0.3 is 0 Å². The van der Waals surface area contributed by atoms with Gasteiger partial charge in [-0.15, -0.1) is 0 Å². The van der Waals surface area contributed by atoms with Crippen LogP contribution in [0.25, 0.3) is 0 Å². The summed E-state index contributed by atoms with van der Waals surface area (Å²) in [5.74, 6) is -0.162. The number of hydrogen-bond donors (Lipinski definition) is 0. The number of benzene rings is 1. The van der Waals surface area contributed by atoms with Gasteiger partial charge in [0.15, 0.2) is 0 Å². The summed E-state index contributed by atoms with van der Waals surface area (Å²) in [5.41, 5.74) is 1.29. The van der Waals surface area contributed by atoms with Crippen molar-refractivity contribution in [1.82, 2.24) is 9.80 Å². The van der Waals surface area contributed by atoms with Crippen LogP contribution in [0.3, 0.4) is 0 Å². The molecule has 1 aromatic carbocycles. The van der Waals surface area contributed by atoms with Gasteiger partial charge in [-0.3, -0.25) is 4.90 Å². The quantitative estimate of drug-likeness (QED) is 0.851. The minimum Gasteiger partial charge on any atom is -0.373 e. The van der Waals surface area contributed by atoms with Gasteiger partial charge in [-0.2, -0.15) is 0 Å². The summed E-state index contributed by atoms with van der Waals surface area (Å²) in [6.45, 7) is 3.91. The summed E-state index contributed by atoms with van der Waals surface area (Å²) in [5, 5.41) is 0. The smallest absolute Gasteiger partial charge is 0.123 e. The fraction of sp³-hybridized carbons (Fsp3) is 0.647. The predicted molar refractivity (Wildman–Crippen MR) is 81.7 cm³/mol.